The highest BCUT2D eigenvalue weighted by atomic mass is 16.6. The van der Waals surface area contributed by atoms with E-state index in [1.165, 1.54) is 0 Å². The van der Waals surface area contributed by atoms with E-state index in [9.17, 15) is 10.1 Å². The Morgan fingerprint density at radius 3 is 2.58 bits per heavy atom. The van der Waals surface area contributed by atoms with Gasteiger partial charge in [-0.3, -0.25) is 9.78 Å². The first kappa shape index (κ1) is 25.4. The molecule has 1 fully saturated rings. The van der Waals surface area contributed by atoms with Crippen LogP contribution in [0.2, 0.25) is 0 Å². The van der Waals surface area contributed by atoms with E-state index in [-0.39, 0.29) is 23.1 Å². The van der Waals surface area contributed by atoms with Crippen LogP contribution < -0.4 is 10.5 Å². The quantitative estimate of drug-likeness (QED) is 0.382. The summed E-state index contributed by atoms with van der Waals surface area (Å²) >= 11 is 0. The smallest absolute Gasteiger partial charge is 0.252 e. The van der Waals surface area contributed by atoms with Gasteiger partial charge in [0.25, 0.3) is 5.56 Å². The van der Waals surface area contributed by atoms with Gasteiger partial charge in [0.2, 0.25) is 0 Å². The van der Waals surface area contributed by atoms with Crippen LogP contribution in [0.25, 0.3) is 11.0 Å². The summed E-state index contributed by atoms with van der Waals surface area (Å²) in [6, 6.07) is 11.4. The number of hydrogen-bond donors (Lipinski definition) is 0. The number of anilines is 1. The zero-order chi connectivity index (χ0) is 26.0. The van der Waals surface area contributed by atoms with E-state index in [1.807, 2.05) is 40.8 Å². The van der Waals surface area contributed by atoms with Crippen molar-refractivity contribution in [2.45, 2.75) is 65.0 Å². The Hall–Kier alpha value is -3.73. The van der Waals surface area contributed by atoms with Crippen molar-refractivity contribution in [3.05, 3.63) is 63.8 Å². The maximum atomic E-state index is 12.7. The lowest BCUT2D eigenvalue weighted by Gasteiger charge is -2.36. The fourth-order valence-electron chi connectivity index (χ4n) is 4.86. The third-order valence-corrected chi connectivity index (χ3v) is 6.90. The van der Waals surface area contributed by atoms with Crippen LogP contribution in [0.1, 0.15) is 63.4 Å². The van der Waals surface area contributed by atoms with E-state index >= 15 is 0 Å². The Kier molecular flexibility index (Phi) is 7.11. The van der Waals surface area contributed by atoms with Crippen LogP contribution in [-0.2, 0) is 11.9 Å². The molecule has 3 heterocycles. The van der Waals surface area contributed by atoms with Crippen molar-refractivity contribution in [2.24, 2.45) is 18.1 Å². The fraction of sp³-hybridized carbons (Fsp3) is 0.464. The molecule has 0 unspecified atom stereocenters. The lowest BCUT2D eigenvalue weighted by atomic mass is 9.80. The van der Waals surface area contributed by atoms with Gasteiger partial charge >= 0.3 is 0 Å². The van der Waals surface area contributed by atoms with Gasteiger partial charge in [-0.1, -0.05) is 5.16 Å². The summed E-state index contributed by atoms with van der Waals surface area (Å²) in [5, 5.41) is 14.0. The third kappa shape index (κ3) is 5.25. The fourth-order valence-corrected chi connectivity index (χ4v) is 4.86. The van der Waals surface area contributed by atoms with Crippen molar-refractivity contribution >= 4 is 22.4 Å². The summed E-state index contributed by atoms with van der Waals surface area (Å²) in [6.45, 7) is 7.99. The molecule has 0 atom stereocenters. The van der Waals surface area contributed by atoms with Crippen LogP contribution in [0, 0.1) is 24.2 Å². The van der Waals surface area contributed by atoms with Crippen LogP contribution in [0.5, 0.6) is 0 Å². The normalized spacial score (nSPS) is 18.6. The maximum Gasteiger partial charge on any atom is 0.252 e. The van der Waals surface area contributed by atoms with Gasteiger partial charge in [-0.15, -0.1) is 0 Å². The minimum absolute atomic E-state index is 0.0923. The molecule has 1 aliphatic rings. The first-order valence-corrected chi connectivity index (χ1v) is 12.4. The molecule has 0 amide bonds. The number of nitriles is 1. The molecule has 0 N–H and O–H groups in total. The van der Waals surface area contributed by atoms with E-state index in [0.717, 1.165) is 53.9 Å². The predicted molar refractivity (Wildman–Crippen MR) is 142 cm³/mol. The molecule has 0 spiro atoms. The number of fused-ring (bicyclic) bond motifs is 1. The SMILES string of the molecule is Cc1ncccc1/C(=N\OC(C)(C)C)C1CCC(N(C)c2cc(=O)n(C)c3ccc(C#N)nc23)CC1. The summed E-state index contributed by atoms with van der Waals surface area (Å²) in [5.74, 6) is 0.253. The van der Waals surface area contributed by atoms with Crippen molar-refractivity contribution < 1.29 is 4.84 Å². The molecule has 0 bridgehead atoms. The Bertz CT molecular complexity index is 1390. The zero-order valence-corrected chi connectivity index (χ0v) is 21.9. The van der Waals surface area contributed by atoms with Gasteiger partial charge in [0, 0.05) is 49.6 Å². The Balaban J connectivity index is 1.60. The summed E-state index contributed by atoms with van der Waals surface area (Å²) in [4.78, 5) is 29.7. The zero-order valence-electron chi connectivity index (χ0n) is 21.9. The Labute approximate surface area is 212 Å². The molecular formula is C28H34N6O2. The molecule has 3 aromatic heterocycles. The number of pyridine rings is 3. The van der Waals surface area contributed by atoms with Gasteiger partial charge in [-0.2, -0.15) is 5.26 Å². The highest BCUT2D eigenvalue weighted by Crippen LogP contribution is 2.34. The highest BCUT2D eigenvalue weighted by molar-refractivity contribution is 6.02. The average molecular weight is 487 g/mol. The van der Waals surface area contributed by atoms with Crippen LogP contribution in [-0.4, -0.2) is 38.9 Å². The van der Waals surface area contributed by atoms with Crippen LogP contribution in [0.4, 0.5) is 5.69 Å². The standard InChI is InChI=1S/C28H34N6O2/c1-18-22(8-7-15-30-18)26(32-36-28(2,3)4)19-9-12-21(13-10-19)33(5)24-16-25(35)34(6)23-14-11-20(17-29)31-27(23)24/h7-8,11,14-16,19,21H,9-10,12-13H2,1-6H3/b32-26-. The van der Waals surface area contributed by atoms with E-state index in [1.54, 1.807) is 36.0 Å². The van der Waals surface area contributed by atoms with Crippen molar-refractivity contribution in [1.29, 1.82) is 5.26 Å². The van der Waals surface area contributed by atoms with E-state index in [4.69, 9.17) is 4.84 Å². The van der Waals surface area contributed by atoms with Gasteiger partial charge in [-0.25, -0.2) is 4.98 Å². The van der Waals surface area contributed by atoms with Gasteiger partial charge in [0.1, 0.15) is 22.9 Å². The summed E-state index contributed by atoms with van der Waals surface area (Å²) in [7, 11) is 3.75. The summed E-state index contributed by atoms with van der Waals surface area (Å²) in [5.41, 5.74) is 4.96. The molecular weight excluding hydrogens is 452 g/mol. The molecule has 36 heavy (non-hydrogen) atoms. The van der Waals surface area contributed by atoms with Crippen molar-refractivity contribution in [2.75, 3.05) is 11.9 Å². The summed E-state index contributed by atoms with van der Waals surface area (Å²) in [6.07, 6.45) is 5.55. The minimum Gasteiger partial charge on any atom is -0.390 e. The molecule has 0 radical (unpaired) electrons. The van der Waals surface area contributed by atoms with Gasteiger partial charge < -0.3 is 14.3 Å². The lowest BCUT2D eigenvalue weighted by Crippen LogP contribution is -2.38. The predicted octanol–water partition coefficient (Wildman–Crippen LogP) is 4.72. The number of hydrogen-bond acceptors (Lipinski definition) is 7. The Morgan fingerprint density at radius 1 is 1.22 bits per heavy atom. The molecule has 8 heteroatoms. The summed E-state index contributed by atoms with van der Waals surface area (Å²) < 4.78 is 1.58. The number of oxime groups is 1. The Morgan fingerprint density at radius 2 is 1.94 bits per heavy atom. The van der Waals surface area contributed by atoms with Crippen LogP contribution >= 0.6 is 0 Å². The second-order valence-corrected chi connectivity index (χ2v) is 10.5. The van der Waals surface area contributed by atoms with E-state index < -0.39 is 0 Å². The molecule has 8 nitrogen and oxygen atoms in total. The van der Waals surface area contributed by atoms with Crippen LogP contribution in [0.15, 0.2) is 46.5 Å². The topological polar surface area (TPSA) is 96.4 Å². The molecule has 188 valence electrons. The highest BCUT2D eigenvalue weighted by Gasteiger charge is 2.30. The monoisotopic (exact) mass is 486 g/mol. The van der Waals surface area contributed by atoms with Gasteiger partial charge in [0.15, 0.2) is 0 Å². The molecule has 3 aromatic rings. The van der Waals surface area contributed by atoms with E-state index in [2.05, 4.69) is 32.2 Å². The minimum atomic E-state index is -0.380. The van der Waals surface area contributed by atoms with Crippen molar-refractivity contribution in [3.63, 3.8) is 0 Å². The van der Waals surface area contributed by atoms with Crippen molar-refractivity contribution in [3.8, 4) is 6.07 Å². The van der Waals surface area contributed by atoms with Crippen LogP contribution in [0.3, 0.4) is 0 Å². The second-order valence-electron chi connectivity index (χ2n) is 10.5. The van der Waals surface area contributed by atoms with Crippen molar-refractivity contribution in [1.82, 2.24) is 14.5 Å². The maximum absolute atomic E-state index is 12.7. The first-order valence-electron chi connectivity index (χ1n) is 12.4. The lowest BCUT2D eigenvalue weighted by molar-refractivity contribution is -0.0000418. The molecule has 0 aliphatic heterocycles. The largest absolute Gasteiger partial charge is 0.390 e. The number of aromatic nitrogens is 3. The number of rotatable bonds is 5. The van der Waals surface area contributed by atoms with Gasteiger partial charge in [-0.05, 0) is 77.6 Å². The molecule has 1 aliphatic carbocycles. The second kappa shape index (κ2) is 10.1. The number of nitrogens with zero attached hydrogens (tertiary/aromatic N) is 6. The first-order chi connectivity index (χ1) is 17.1. The van der Waals surface area contributed by atoms with Gasteiger partial charge in [0.05, 0.1) is 16.9 Å². The number of aryl methyl sites for hydroxylation is 2. The van der Waals surface area contributed by atoms with E-state index in [0.29, 0.717) is 11.2 Å². The molecule has 0 aromatic carbocycles. The third-order valence-electron chi connectivity index (χ3n) is 6.90. The molecule has 0 saturated heterocycles. The molecule has 4 rings (SSSR count). The average Bonchev–Trinajstić information content (AvgIpc) is 2.86. The molecule has 1 saturated carbocycles.